The lowest BCUT2D eigenvalue weighted by Crippen LogP contribution is -2.43. The highest BCUT2D eigenvalue weighted by Gasteiger charge is 2.59. The summed E-state index contributed by atoms with van der Waals surface area (Å²) in [6.07, 6.45) is 2.63. The van der Waals surface area contributed by atoms with Gasteiger partial charge in [0.1, 0.15) is 11.4 Å². The van der Waals surface area contributed by atoms with Gasteiger partial charge in [0, 0.05) is 26.1 Å². The van der Waals surface area contributed by atoms with Crippen LogP contribution < -0.4 is 0 Å². The van der Waals surface area contributed by atoms with Crippen molar-refractivity contribution in [2.24, 2.45) is 11.3 Å². The molecule has 2 aliphatic rings. The highest BCUT2D eigenvalue weighted by atomic mass is 16.6. The van der Waals surface area contributed by atoms with E-state index in [9.17, 15) is 9.59 Å². The van der Waals surface area contributed by atoms with Gasteiger partial charge in [-0.15, -0.1) is 0 Å². The number of nitrogens with zero attached hydrogens (tertiary/aromatic N) is 4. The van der Waals surface area contributed by atoms with Crippen molar-refractivity contribution in [1.29, 1.82) is 0 Å². The fraction of sp³-hybridized carbons (Fsp3) is 0.407. The molecule has 2 fully saturated rings. The van der Waals surface area contributed by atoms with E-state index in [-0.39, 0.29) is 29.1 Å². The van der Waals surface area contributed by atoms with Gasteiger partial charge in [-0.25, -0.2) is 4.63 Å². The van der Waals surface area contributed by atoms with Crippen LogP contribution in [0.5, 0.6) is 0 Å². The predicted octanol–water partition coefficient (Wildman–Crippen LogP) is 3.80. The van der Waals surface area contributed by atoms with E-state index < -0.39 is 0 Å². The summed E-state index contributed by atoms with van der Waals surface area (Å²) in [5, 5.41) is 7.69. The first-order chi connectivity index (χ1) is 16.5. The number of hydrogen-bond donors (Lipinski definition) is 0. The molecule has 5 rings (SSSR count). The first-order valence-corrected chi connectivity index (χ1v) is 11.9. The molecular weight excluding hydrogens is 428 g/mol. The Bertz CT molecular complexity index is 1110. The number of rotatable bonds is 6. The molecule has 0 N–H and O–H groups in total. The van der Waals surface area contributed by atoms with Gasteiger partial charge in [0.15, 0.2) is 0 Å². The number of aryl methyl sites for hydroxylation is 1. The van der Waals surface area contributed by atoms with E-state index in [2.05, 4.69) is 10.3 Å². The molecule has 3 aromatic rings. The zero-order valence-electron chi connectivity index (χ0n) is 19.7. The summed E-state index contributed by atoms with van der Waals surface area (Å²) >= 11 is 0. The summed E-state index contributed by atoms with van der Waals surface area (Å²) in [5.74, 6) is 0.00279. The molecule has 1 aromatic heterocycles. The van der Waals surface area contributed by atoms with Crippen molar-refractivity contribution in [3.05, 3.63) is 83.2 Å². The summed E-state index contributed by atoms with van der Waals surface area (Å²) in [6.45, 7) is 3.61. The van der Waals surface area contributed by atoms with E-state index in [0.717, 1.165) is 30.4 Å². The molecule has 176 valence electrons. The maximum Gasteiger partial charge on any atom is 0.234 e. The molecule has 1 aliphatic heterocycles. The Balaban J connectivity index is 1.24. The van der Waals surface area contributed by atoms with Gasteiger partial charge in [-0.1, -0.05) is 71.0 Å². The molecule has 34 heavy (non-hydrogen) atoms. The average molecular weight is 459 g/mol. The molecule has 2 heterocycles. The number of benzene rings is 2. The van der Waals surface area contributed by atoms with E-state index >= 15 is 0 Å². The van der Waals surface area contributed by atoms with Crippen LogP contribution >= 0.6 is 0 Å². The fourth-order valence-corrected chi connectivity index (χ4v) is 5.33. The SMILES string of the molecule is Cc1nonc1CN(C)C(=O)C1CC12CCN(C(=O)C(c1ccccc1)c1ccccc1)CC2. The molecule has 1 spiro atoms. The van der Waals surface area contributed by atoms with Gasteiger partial charge in [0.2, 0.25) is 11.8 Å². The third-order valence-electron chi connectivity index (χ3n) is 7.58. The van der Waals surface area contributed by atoms with E-state index in [0.29, 0.717) is 31.0 Å². The third kappa shape index (κ3) is 4.22. The maximum absolute atomic E-state index is 13.7. The van der Waals surface area contributed by atoms with Crippen molar-refractivity contribution in [2.45, 2.75) is 38.6 Å². The topological polar surface area (TPSA) is 79.5 Å². The molecule has 1 unspecified atom stereocenters. The third-order valence-corrected chi connectivity index (χ3v) is 7.58. The minimum atomic E-state index is -0.307. The predicted molar refractivity (Wildman–Crippen MR) is 127 cm³/mol. The van der Waals surface area contributed by atoms with Crippen LogP contribution in [-0.4, -0.2) is 52.1 Å². The van der Waals surface area contributed by atoms with Crippen molar-refractivity contribution in [2.75, 3.05) is 20.1 Å². The molecule has 0 radical (unpaired) electrons. The molecule has 0 bridgehead atoms. The van der Waals surface area contributed by atoms with Crippen LogP contribution in [0.1, 0.15) is 47.7 Å². The molecule has 1 saturated carbocycles. The van der Waals surface area contributed by atoms with Crippen LogP contribution in [0.3, 0.4) is 0 Å². The Hall–Kier alpha value is -3.48. The maximum atomic E-state index is 13.7. The minimum Gasteiger partial charge on any atom is -0.342 e. The number of carbonyl (C=O) groups excluding carboxylic acids is 2. The monoisotopic (exact) mass is 458 g/mol. The van der Waals surface area contributed by atoms with E-state index in [1.807, 2.05) is 79.5 Å². The van der Waals surface area contributed by atoms with Crippen LogP contribution in [0, 0.1) is 18.3 Å². The highest BCUT2D eigenvalue weighted by molar-refractivity contribution is 5.87. The highest BCUT2D eigenvalue weighted by Crippen LogP contribution is 2.60. The number of likely N-dealkylation sites (tertiary alicyclic amines) is 1. The first kappa shape index (κ1) is 22.3. The Labute approximate surface area is 199 Å². The number of aromatic nitrogens is 2. The first-order valence-electron chi connectivity index (χ1n) is 11.9. The van der Waals surface area contributed by atoms with Crippen molar-refractivity contribution in [3.63, 3.8) is 0 Å². The second-order valence-corrected chi connectivity index (χ2v) is 9.69. The lowest BCUT2D eigenvalue weighted by Gasteiger charge is -2.35. The van der Waals surface area contributed by atoms with Crippen molar-refractivity contribution >= 4 is 11.8 Å². The normalized spacial score (nSPS) is 18.8. The molecule has 1 saturated heterocycles. The van der Waals surface area contributed by atoms with Gasteiger partial charge in [0.05, 0.1) is 12.5 Å². The zero-order chi connectivity index (χ0) is 23.7. The standard InChI is InChI=1S/C27H30N4O3/c1-19-23(29-34-28-19)18-30(2)25(32)22-17-27(22)13-15-31(16-14-27)26(33)24(20-9-5-3-6-10-20)21-11-7-4-8-12-21/h3-12,22,24H,13-18H2,1-2H3. The smallest absolute Gasteiger partial charge is 0.234 e. The van der Waals surface area contributed by atoms with Gasteiger partial charge in [-0.05, 0) is 42.7 Å². The van der Waals surface area contributed by atoms with Gasteiger partial charge < -0.3 is 9.80 Å². The largest absolute Gasteiger partial charge is 0.342 e. The summed E-state index contributed by atoms with van der Waals surface area (Å²) in [4.78, 5) is 30.5. The van der Waals surface area contributed by atoms with Crippen molar-refractivity contribution < 1.29 is 14.2 Å². The zero-order valence-corrected chi connectivity index (χ0v) is 19.7. The second-order valence-electron chi connectivity index (χ2n) is 9.69. The minimum absolute atomic E-state index is 0.0221. The summed E-state index contributed by atoms with van der Waals surface area (Å²) in [5.41, 5.74) is 3.45. The number of carbonyl (C=O) groups is 2. The van der Waals surface area contributed by atoms with E-state index in [1.165, 1.54) is 0 Å². The van der Waals surface area contributed by atoms with Gasteiger partial charge in [-0.2, -0.15) is 0 Å². The molecule has 1 aliphatic carbocycles. The second kappa shape index (κ2) is 9.05. The Morgan fingerprint density at radius 1 is 1.03 bits per heavy atom. The van der Waals surface area contributed by atoms with Gasteiger partial charge in [0.25, 0.3) is 0 Å². The lowest BCUT2D eigenvalue weighted by molar-refractivity contribution is -0.134. The number of hydrogen-bond acceptors (Lipinski definition) is 5. The van der Waals surface area contributed by atoms with Crippen LogP contribution in [-0.2, 0) is 16.1 Å². The lowest BCUT2D eigenvalue weighted by atomic mass is 9.86. The van der Waals surface area contributed by atoms with Crippen LogP contribution in [0.4, 0.5) is 0 Å². The van der Waals surface area contributed by atoms with Crippen LogP contribution in [0.2, 0.25) is 0 Å². The van der Waals surface area contributed by atoms with Crippen LogP contribution in [0.15, 0.2) is 65.3 Å². The molecule has 7 nitrogen and oxygen atoms in total. The molecule has 2 amide bonds. The molecule has 7 heteroatoms. The molecule has 2 aromatic carbocycles. The fourth-order valence-electron chi connectivity index (χ4n) is 5.33. The summed E-state index contributed by atoms with van der Waals surface area (Å²) < 4.78 is 4.75. The van der Waals surface area contributed by atoms with Crippen molar-refractivity contribution in [3.8, 4) is 0 Å². The van der Waals surface area contributed by atoms with E-state index in [1.54, 1.807) is 4.90 Å². The van der Waals surface area contributed by atoms with E-state index in [4.69, 9.17) is 4.63 Å². The summed E-state index contributed by atoms with van der Waals surface area (Å²) in [7, 11) is 1.81. The quantitative estimate of drug-likeness (QED) is 0.561. The van der Waals surface area contributed by atoms with Crippen LogP contribution in [0.25, 0.3) is 0 Å². The Morgan fingerprint density at radius 3 is 2.15 bits per heavy atom. The van der Waals surface area contributed by atoms with Gasteiger partial charge in [-0.3, -0.25) is 9.59 Å². The van der Waals surface area contributed by atoms with Crippen molar-refractivity contribution in [1.82, 2.24) is 20.1 Å². The Morgan fingerprint density at radius 2 is 1.62 bits per heavy atom. The number of amides is 2. The number of piperidine rings is 1. The Kier molecular flexibility index (Phi) is 5.94. The molecular formula is C27H30N4O3. The van der Waals surface area contributed by atoms with Gasteiger partial charge >= 0.3 is 0 Å². The molecule has 1 atom stereocenters. The summed E-state index contributed by atoms with van der Waals surface area (Å²) in [6, 6.07) is 20.0. The average Bonchev–Trinajstić information content (AvgIpc) is 3.41.